The zero-order valence-electron chi connectivity index (χ0n) is 9.73. The van der Waals surface area contributed by atoms with E-state index in [1.54, 1.807) is 48.7 Å². The Bertz CT molecular complexity index is 597. The van der Waals surface area contributed by atoms with Crippen molar-refractivity contribution in [2.24, 2.45) is 5.73 Å². The summed E-state index contributed by atoms with van der Waals surface area (Å²) < 4.78 is 24.9. The van der Waals surface area contributed by atoms with E-state index in [4.69, 9.17) is 5.73 Å². The van der Waals surface area contributed by atoms with Gasteiger partial charge < -0.3 is 5.73 Å². The predicted molar refractivity (Wildman–Crippen MR) is 69.7 cm³/mol. The lowest BCUT2D eigenvalue weighted by molar-refractivity contribution is 0.582. The summed E-state index contributed by atoms with van der Waals surface area (Å²) in [5, 5.41) is -0.756. The quantitative estimate of drug-likeness (QED) is 0.907. The molecule has 0 bridgehead atoms. The molecule has 5 heteroatoms. The molecule has 1 atom stereocenters. The Morgan fingerprint density at radius 1 is 1.11 bits per heavy atom. The molecule has 2 rings (SSSR count). The molecular formula is C13H14N2O2S. The first kappa shape index (κ1) is 12.7. The molecule has 0 aliphatic rings. The van der Waals surface area contributed by atoms with Gasteiger partial charge in [-0.2, -0.15) is 0 Å². The molecule has 0 spiro atoms. The summed E-state index contributed by atoms with van der Waals surface area (Å²) in [4.78, 5) is 4.22. The Morgan fingerprint density at radius 3 is 2.39 bits per heavy atom. The number of pyridine rings is 1. The number of hydrogen-bond acceptors (Lipinski definition) is 4. The second kappa shape index (κ2) is 5.29. The van der Waals surface area contributed by atoms with Gasteiger partial charge in [-0.05, 0) is 23.8 Å². The third kappa shape index (κ3) is 2.42. The van der Waals surface area contributed by atoms with Crippen molar-refractivity contribution in [2.45, 2.75) is 10.1 Å². The number of nitrogens with zero attached hydrogens (tertiary/aromatic N) is 1. The Labute approximate surface area is 106 Å². The van der Waals surface area contributed by atoms with E-state index in [-0.39, 0.29) is 11.4 Å². The van der Waals surface area contributed by atoms with E-state index in [1.807, 2.05) is 0 Å². The molecule has 2 aromatic rings. The van der Waals surface area contributed by atoms with Gasteiger partial charge in [0.15, 0.2) is 9.84 Å². The highest BCUT2D eigenvalue weighted by molar-refractivity contribution is 7.91. The molecule has 2 N–H and O–H groups in total. The summed E-state index contributed by atoms with van der Waals surface area (Å²) >= 11 is 0. The number of hydrogen-bond donors (Lipinski definition) is 1. The van der Waals surface area contributed by atoms with Crippen molar-refractivity contribution in [2.75, 3.05) is 6.54 Å². The molecule has 0 saturated heterocycles. The molecule has 1 aromatic heterocycles. The first-order chi connectivity index (χ1) is 8.66. The monoisotopic (exact) mass is 262 g/mol. The van der Waals surface area contributed by atoms with Crippen LogP contribution in [0, 0.1) is 0 Å². The van der Waals surface area contributed by atoms with Gasteiger partial charge in [-0.3, -0.25) is 4.98 Å². The third-order valence-electron chi connectivity index (χ3n) is 2.72. The van der Waals surface area contributed by atoms with Crippen molar-refractivity contribution in [3.63, 3.8) is 0 Å². The highest BCUT2D eigenvalue weighted by atomic mass is 32.2. The minimum atomic E-state index is -3.47. The SMILES string of the molecule is NCC(c1cccnc1)S(=O)(=O)c1ccccc1. The van der Waals surface area contributed by atoms with Crippen LogP contribution in [0.25, 0.3) is 0 Å². The van der Waals surface area contributed by atoms with Crippen LogP contribution in [-0.2, 0) is 9.84 Å². The van der Waals surface area contributed by atoms with Crippen LogP contribution >= 0.6 is 0 Å². The molecule has 1 aromatic carbocycles. The first-order valence-corrected chi connectivity index (χ1v) is 7.10. The van der Waals surface area contributed by atoms with Crippen LogP contribution in [0.4, 0.5) is 0 Å². The number of benzene rings is 1. The van der Waals surface area contributed by atoms with Gasteiger partial charge in [0.25, 0.3) is 0 Å². The van der Waals surface area contributed by atoms with Gasteiger partial charge in [0, 0.05) is 18.9 Å². The highest BCUT2D eigenvalue weighted by Crippen LogP contribution is 2.27. The largest absolute Gasteiger partial charge is 0.329 e. The number of sulfone groups is 1. The van der Waals surface area contributed by atoms with Crippen molar-refractivity contribution in [1.82, 2.24) is 4.98 Å². The van der Waals surface area contributed by atoms with Crippen molar-refractivity contribution >= 4 is 9.84 Å². The fourth-order valence-corrected chi connectivity index (χ4v) is 3.40. The Hall–Kier alpha value is -1.72. The lowest BCUT2D eigenvalue weighted by Crippen LogP contribution is -2.22. The minimum Gasteiger partial charge on any atom is -0.329 e. The van der Waals surface area contributed by atoms with Crippen molar-refractivity contribution in [3.8, 4) is 0 Å². The molecule has 1 heterocycles. The normalized spacial score (nSPS) is 13.2. The standard InChI is InChI=1S/C13H14N2O2S/c14-9-13(11-5-4-8-15-10-11)18(16,17)12-6-2-1-3-7-12/h1-8,10,13H,9,14H2. The lowest BCUT2D eigenvalue weighted by atomic mass is 10.2. The van der Waals surface area contributed by atoms with E-state index in [0.717, 1.165) is 0 Å². The molecule has 0 saturated carbocycles. The molecule has 1 unspecified atom stereocenters. The van der Waals surface area contributed by atoms with Crippen LogP contribution < -0.4 is 5.73 Å². The van der Waals surface area contributed by atoms with Gasteiger partial charge in [0.2, 0.25) is 0 Å². The molecule has 0 fully saturated rings. The summed E-state index contributed by atoms with van der Waals surface area (Å²) in [7, 11) is -3.47. The average molecular weight is 262 g/mol. The summed E-state index contributed by atoms with van der Waals surface area (Å²) in [6.07, 6.45) is 3.14. The van der Waals surface area contributed by atoms with Crippen LogP contribution in [0.1, 0.15) is 10.8 Å². The fourth-order valence-electron chi connectivity index (χ4n) is 1.78. The summed E-state index contributed by atoms with van der Waals surface area (Å²) in [5.41, 5.74) is 6.24. The number of nitrogens with two attached hydrogens (primary N) is 1. The maximum atomic E-state index is 12.5. The molecule has 4 nitrogen and oxygen atoms in total. The molecule has 0 radical (unpaired) electrons. The Morgan fingerprint density at radius 2 is 1.83 bits per heavy atom. The second-order valence-corrected chi connectivity index (χ2v) is 6.00. The van der Waals surface area contributed by atoms with E-state index < -0.39 is 15.1 Å². The van der Waals surface area contributed by atoms with Crippen molar-refractivity contribution < 1.29 is 8.42 Å². The van der Waals surface area contributed by atoms with Crippen LogP contribution in [0.3, 0.4) is 0 Å². The second-order valence-electron chi connectivity index (χ2n) is 3.87. The third-order valence-corrected chi connectivity index (χ3v) is 4.86. The molecular weight excluding hydrogens is 248 g/mol. The van der Waals surface area contributed by atoms with Gasteiger partial charge >= 0.3 is 0 Å². The van der Waals surface area contributed by atoms with Gasteiger partial charge in [0.1, 0.15) is 5.25 Å². The number of aromatic nitrogens is 1. The smallest absolute Gasteiger partial charge is 0.186 e. The zero-order chi connectivity index (χ0) is 13.0. The molecule has 0 aliphatic carbocycles. The van der Waals surface area contributed by atoms with Crippen LogP contribution in [0.15, 0.2) is 59.8 Å². The molecule has 0 amide bonds. The van der Waals surface area contributed by atoms with E-state index in [0.29, 0.717) is 5.56 Å². The Kier molecular flexibility index (Phi) is 3.74. The lowest BCUT2D eigenvalue weighted by Gasteiger charge is -2.15. The van der Waals surface area contributed by atoms with Gasteiger partial charge in [-0.15, -0.1) is 0 Å². The summed E-state index contributed by atoms with van der Waals surface area (Å²) in [5.74, 6) is 0. The van der Waals surface area contributed by atoms with Crippen molar-refractivity contribution in [1.29, 1.82) is 0 Å². The van der Waals surface area contributed by atoms with E-state index in [1.165, 1.54) is 6.20 Å². The highest BCUT2D eigenvalue weighted by Gasteiger charge is 2.27. The maximum absolute atomic E-state index is 12.5. The van der Waals surface area contributed by atoms with E-state index in [9.17, 15) is 8.42 Å². The van der Waals surface area contributed by atoms with Gasteiger partial charge in [0.05, 0.1) is 4.90 Å². The topological polar surface area (TPSA) is 73.0 Å². The van der Waals surface area contributed by atoms with Crippen LogP contribution in [-0.4, -0.2) is 19.9 Å². The number of rotatable bonds is 4. The predicted octanol–water partition coefficient (Wildman–Crippen LogP) is 1.56. The first-order valence-electron chi connectivity index (χ1n) is 5.55. The van der Waals surface area contributed by atoms with Crippen molar-refractivity contribution in [3.05, 3.63) is 60.4 Å². The molecule has 18 heavy (non-hydrogen) atoms. The summed E-state index contributed by atoms with van der Waals surface area (Å²) in [6, 6.07) is 11.8. The van der Waals surface area contributed by atoms with Crippen LogP contribution in [0.5, 0.6) is 0 Å². The summed E-state index contributed by atoms with van der Waals surface area (Å²) in [6.45, 7) is 0.0307. The van der Waals surface area contributed by atoms with E-state index in [2.05, 4.69) is 4.98 Å². The molecule has 0 aliphatic heterocycles. The van der Waals surface area contributed by atoms with E-state index >= 15 is 0 Å². The fraction of sp³-hybridized carbons (Fsp3) is 0.154. The average Bonchev–Trinajstić information content (AvgIpc) is 2.41. The maximum Gasteiger partial charge on any atom is 0.186 e. The minimum absolute atomic E-state index is 0.0307. The van der Waals surface area contributed by atoms with Gasteiger partial charge in [-0.1, -0.05) is 24.3 Å². The van der Waals surface area contributed by atoms with Gasteiger partial charge in [-0.25, -0.2) is 8.42 Å². The van der Waals surface area contributed by atoms with Crippen LogP contribution in [0.2, 0.25) is 0 Å². The zero-order valence-corrected chi connectivity index (χ0v) is 10.5. The molecule has 94 valence electrons. The Balaban J connectivity index is 2.46.